The summed E-state index contributed by atoms with van der Waals surface area (Å²) in [6, 6.07) is 1.08. The van der Waals surface area contributed by atoms with Gasteiger partial charge < -0.3 is 4.74 Å². The predicted octanol–water partition coefficient (Wildman–Crippen LogP) is 3.39. The molecule has 0 atom stereocenters. The number of hydrogen-bond acceptors (Lipinski definition) is 4. The molecule has 0 spiro atoms. The Bertz CT molecular complexity index is 455. The Kier molecular flexibility index (Phi) is 4.52. The van der Waals surface area contributed by atoms with Crippen molar-refractivity contribution in [2.45, 2.75) is 11.7 Å². The molecule has 0 bridgehead atoms. The zero-order chi connectivity index (χ0) is 13.2. The van der Waals surface area contributed by atoms with Crippen LogP contribution in [0.4, 0.5) is 18.9 Å². The number of aromatic nitrogens is 1. The third-order valence-electron chi connectivity index (χ3n) is 1.51. The van der Waals surface area contributed by atoms with E-state index in [-0.39, 0.29) is 14.6 Å². The fraction of sp³-hybridized carbons (Fsp3) is 0.286. The van der Waals surface area contributed by atoms with Crippen molar-refractivity contribution in [1.82, 2.24) is 4.98 Å². The second-order valence-corrected chi connectivity index (χ2v) is 4.33. The fourth-order valence-electron chi connectivity index (χ4n) is 0.921. The molecule has 10 heteroatoms. The third-order valence-corrected chi connectivity index (χ3v) is 3.10. The van der Waals surface area contributed by atoms with Gasteiger partial charge in [0.05, 0.1) is 10.6 Å². The van der Waals surface area contributed by atoms with Crippen molar-refractivity contribution in [2.24, 2.45) is 0 Å². The summed E-state index contributed by atoms with van der Waals surface area (Å²) in [4.78, 5) is 13.4. The summed E-state index contributed by atoms with van der Waals surface area (Å²) in [6.07, 6.45) is -4.94. The highest BCUT2D eigenvalue weighted by Gasteiger charge is 2.34. The molecular formula is C7H3BrF3IN2O3. The molecule has 5 nitrogen and oxygen atoms in total. The lowest BCUT2D eigenvalue weighted by atomic mass is 10.3. The van der Waals surface area contributed by atoms with Crippen LogP contribution in [0.25, 0.3) is 0 Å². The number of pyridine rings is 1. The molecule has 1 aromatic rings. The van der Waals surface area contributed by atoms with Crippen LogP contribution < -0.4 is 4.74 Å². The first-order valence-corrected chi connectivity index (χ1v) is 6.10. The third kappa shape index (κ3) is 3.94. The average Bonchev–Trinajstić information content (AvgIpc) is 2.18. The van der Waals surface area contributed by atoms with Crippen molar-refractivity contribution < 1.29 is 22.8 Å². The number of ether oxygens (including phenoxy) is 1. The molecule has 0 radical (unpaired) electrons. The van der Waals surface area contributed by atoms with Gasteiger partial charge in [0.1, 0.15) is 0 Å². The summed E-state index contributed by atoms with van der Waals surface area (Å²) in [5, 5.41) is 10.7. The minimum Gasteiger partial charge on any atom is -0.386 e. The molecule has 0 aliphatic carbocycles. The fourth-order valence-corrected chi connectivity index (χ4v) is 1.79. The molecule has 0 saturated heterocycles. The van der Waals surface area contributed by atoms with Gasteiger partial charge in [-0.25, -0.2) is 4.98 Å². The van der Waals surface area contributed by atoms with Crippen molar-refractivity contribution >= 4 is 44.2 Å². The topological polar surface area (TPSA) is 65.3 Å². The van der Waals surface area contributed by atoms with Gasteiger partial charge in [-0.3, -0.25) is 10.1 Å². The van der Waals surface area contributed by atoms with E-state index in [4.69, 9.17) is 0 Å². The number of hydrogen-bond donors (Lipinski definition) is 0. The molecule has 0 amide bonds. The Morgan fingerprint density at radius 2 is 2.18 bits per heavy atom. The quantitative estimate of drug-likeness (QED) is 0.321. The van der Waals surface area contributed by atoms with Gasteiger partial charge in [0.15, 0.2) is 3.57 Å². The van der Waals surface area contributed by atoms with Gasteiger partial charge in [0, 0.05) is 11.4 Å². The van der Waals surface area contributed by atoms with Crippen LogP contribution in [0.5, 0.6) is 5.88 Å². The Morgan fingerprint density at radius 1 is 1.59 bits per heavy atom. The Hall–Kier alpha value is -0.650. The molecule has 0 unspecified atom stereocenters. The molecule has 1 aromatic heterocycles. The standard InChI is InChI=1S/C7H3BrF3IN2O3/c8-2-3-1-4(14(15)16)5(12)6(13-3)17-7(9,10)11/h1H,2H2. The lowest BCUT2D eigenvalue weighted by molar-refractivity contribution is -0.386. The Balaban J connectivity index is 3.29. The summed E-state index contributed by atoms with van der Waals surface area (Å²) in [7, 11) is 0. The highest BCUT2D eigenvalue weighted by atomic mass is 127. The van der Waals surface area contributed by atoms with E-state index in [0.717, 1.165) is 6.07 Å². The first-order valence-electron chi connectivity index (χ1n) is 3.90. The Labute approximate surface area is 115 Å². The van der Waals surface area contributed by atoms with Gasteiger partial charge in [-0.1, -0.05) is 15.9 Å². The SMILES string of the molecule is O=[N+]([O-])c1cc(CBr)nc(OC(F)(F)F)c1I. The van der Waals surface area contributed by atoms with Crippen molar-refractivity contribution in [1.29, 1.82) is 0 Å². The highest BCUT2D eigenvalue weighted by Crippen LogP contribution is 2.33. The van der Waals surface area contributed by atoms with Crippen LogP contribution in [0, 0.1) is 13.7 Å². The zero-order valence-electron chi connectivity index (χ0n) is 7.79. The first-order chi connectivity index (χ1) is 7.74. The number of rotatable bonds is 3. The van der Waals surface area contributed by atoms with Crippen molar-refractivity contribution in [3.63, 3.8) is 0 Å². The van der Waals surface area contributed by atoms with Crippen molar-refractivity contribution in [3.05, 3.63) is 25.4 Å². The van der Waals surface area contributed by atoms with Crippen molar-refractivity contribution in [3.8, 4) is 5.88 Å². The molecule has 0 aliphatic rings. The van der Waals surface area contributed by atoms with Gasteiger partial charge in [0.25, 0.3) is 5.69 Å². The summed E-state index contributed by atoms with van der Waals surface area (Å²) < 4.78 is 39.5. The maximum absolute atomic E-state index is 12.0. The predicted molar refractivity (Wildman–Crippen MR) is 62.9 cm³/mol. The molecule has 94 valence electrons. The second kappa shape index (κ2) is 5.33. The highest BCUT2D eigenvalue weighted by molar-refractivity contribution is 14.1. The molecular weight excluding hydrogens is 424 g/mol. The number of nitrogens with zero attached hydrogens (tertiary/aromatic N) is 2. The summed E-state index contributed by atoms with van der Waals surface area (Å²) >= 11 is 4.34. The lowest BCUT2D eigenvalue weighted by Gasteiger charge is -2.10. The van der Waals surface area contributed by atoms with Gasteiger partial charge in [-0.2, -0.15) is 0 Å². The zero-order valence-corrected chi connectivity index (χ0v) is 11.5. The normalized spacial score (nSPS) is 11.4. The van der Waals surface area contributed by atoms with Crippen LogP contribution in [0.2, 0.25) is 0 Å². The van der Waals surface area contributed by atoms with Gasteiger partial charge in [0.2, 0.25) is 5.88 Å². The summed E-state index contributed by atoms with van der Waals surface area (Å²) in [6.45, 7) is 0. The maximum Gasteiger partial charge on any atom is 0.574 e. The molecule has 1 heterocycles. The number of nitro groups is 1. The number of halogens is 5. The Morgan fingerprint density at radius 3 is 2.59 bits per heavy atom. The molecule has 0 fully saturated rings. The van der Waals surface area contributed by atoms with E-state index in [1.807, 2.05) is 0 Å². The minimum atomic E-state index is -4.94. The largest absolute Gasteiger partial charge is 0.574 e. The van der Waals surface area contributed by atoms with E-state index >= 15 is 0 Å². The molecule has 0 aliphatic heterocycles. The van der Waals surface area contributed by atoms with E-state index in [2.05, 4.69) is 25.7 Å². The molecule has 0 N–H and O–H groups in total. The molecule has 17 heavy (non-hydrogen) atoms. The van der Waals surface area contributed by atoms with Crippen LogP contribution in [0.1, 0.15) is 5.69 Å². The average molecular weight is 427 g/mol. The summed E-state index contributed by atoms with van der Waals surface area (Å²) in [5.74, 6) is -0.818. The van der Waals surface area contributed by atoms with Crippen LogP contribution in [-0.4, -0.2) is 16.3 Å². The molecule has 0 saturated carbocycles. The van der Waals surface area contributed by atoms with Gasteiger partial charge in [-0.05, 0) is 22.6 Å². The van der Waals surface area contributed by atoms with E-state index in [0.29, 0.717) is 0 Å². The monoisotopic (exact) mass is 426 g/mol. The molecule has 0 aromatic carbocycles. The van der Waals surface area contributed by atoms with E-state index in [9.17, 15) is 23.3 Å². The van der Waals surface area contributed by atoms with E-state index in [1.54, 1.807) is 0 Å². The van der Waals surface area contributed by atoms with Crippen LogP contribution in [-0.2, 0) is 5.33 Å². The number of alkyl halides is 4. The van der Waals surface area contributed by atoms with Crippen LogP contribution in [0.15, 0.2) is 6.07 Å². The van der Waals surface area contributed by atoms with Crippen LogP contribution in [0.3, 0.4) is 0 Å². The van der Waals surface area contributed by atoms with E-state index < -0.39 is 22.9 Å². The van der Waals surface area contributed by atoms with Gasteiger partial charge in [-0.15, -0.1) is 13.2 Å². The first kappa shape index (κ1) is 14.4. The smallest absolute Gasteiger partial charge is 0.386 e. The minimum absolute atomic E-state index is 0.0800. The lowest BCUT2D eigenvalue weighted by Crippen LogP contribution is -2.19. The maximum atomic E-state index is 12.0. The van der Waals surface area contributed by atoms with Gasteiger partial charge >= 0.3 is 6.36 Å². The second-order valence-electron chi connectivity index (χ2n) is 2.69. The van der Waals surface area contributed by atoms with Crippen molar-refractivity contribution in [2.75, 3.05) is 0 Å². The van der Waals surface area contributed by atoms with Crippen LogP contribution >= 0.6 is 38.5 Å². The molecule has 1 rings (SSSR count). The summed E-state index contributed by atoms with van der Waals surface area (Å²) in [5.41, 5.74) is -0.398. The van der Waals surface area contributed by atoms with E-state index in [1.165, 1.54) is 22.6 Å².